The van der Waals surface area contributed by atoms with Gasteiger partial charge in [0.25, 0.3) is 0 Å². The summed E-state index contributed by atoms with van der Waals surface area (Å²) in [5.74, 6) is 0.753. The van der Waals surface area contributed by atoms with Gasteiger partial charge in [0.2, 0.25) is 11.8 Å². The molecule has 1 fully saturated rings. The predicted molar refractivity (Wildman–Crippen MR) is 65.8 cm³/mol. The maximum Gasteiger partial charge on any atom is 0.245 e. The summed E-state index contributed by atoms with van der Waals surface area (Å²) >= 11 is 0. The Morgan fingerprint density at radius 2 is 2.11 bits per heavy atom. The smallest absolute Gasteiger partial charge is 0.245 e. The third-order valence-electron chi connectivity index (χ3n) is 3.42. The van der Waals surface area contributed by atoms with Crippen molar-refractivity contribution in [3.63, 3.8) is 0 Å². The zero-order chi connectivity index (χ0) is 13.3. The molecule has 0 atom stereocenters. The predicted octanol–water partition coefficient (Wildman–Crippen LogP) is -0.0715. The molecule has 6 heteroatoms. The number of aryl methyl sites for hydroxylation is 1. The molecule has 1 aromatic rings. The molecule has 1 aromatic heterocycles. The van der Waals surface area contributed by atoms with Crippen molar-refractivity contribution < 1.29 is 9.59 Å². The van der Waals surface area contributed by atoms with E-state index in [2.05, 4.69) is 10.3 Å². The number of nitrogens with zero attached hydrogens (tertiary/aromatic N) is 3. The van der Waals surface area contributed by atoms with Gasteiger partial charge in [-0.25, -0.2) is 4.98 Å². The van der Waals surface area contributed by atoms with Crippen LogP contribution >= 0.6 is 0 Å². The molecule has 2 heterocycles. The summed E-state index contributed by atoms with van der Waals surface area (Å²) < 4.78 is 1.97. The molecule has 0 unspecified atom stereocenters. The van der Waals surface area contributed by atoms with Crippen molar-refractivity contribution in [3.05, 3.63) is 18.2 Å². The van der Waals surface area contributed by atoms with E-state index in [1.165, 1.54) is 0 Å². The van der Waals surface area contributed by atoms with Gasteiger partial charge in [0, 0.05) is 25.5 Å². The van der Waals surface area contributed by atoms with Crippen molar-refractivity contribution in [2.75, 3.05) is 13.1 Å². The maximum atomic E-state index is 11.9. The van der Waals surface area contributed by atoms with Crippen LogP contribution < -0.4 is 5.32 Å². The zero-order valence-corrected chi connectivity index (χ0v) is 10.9. The Hall–Kier alpha value is -1.85. The van der Waals surface area contributed by atoms with Gasteiger partial charge >= 0.3 is 0 Å². The van der Waals surface area contributed by atoms with Crippen molar-refractivity contribution >= 4 is 11.8 Å². The molecule has 98 valence electrons. The number of aromatic nitrogens is 2. The Morgan fingerprint density at radius 1 is 1.39 bits per heavy atom. The van der Waals surface area contributed by atoms with Gasteiger partial charge in [-0.05, 0) is 20.8 Å². The molecule has 0 spiro atoms. The summed E-state index contributed by atoms with van der Waals surface area (Å²) in [6.07, 6.45) is 3.60. The number of hydrogen-bond donors (Lipinski definition) is 1. The van der Waals surface area contributed by atoms with E-state index in [1.807, 2.05) is 17.7 Å². The van der Waals surface area contributed by atoms with E-state index in [-0.39, 0.29) is 18.4 Å². The fourth-order valence-electron chi connectivity index (χ4n) is 2.15. The highest BCUT2D eigenvalue weighted by Crippen LogP contribution is 2.18. The highest BCUT2D eigenvalue weighted by Gasteiger charge is 2.41. The number of rotatable bonds is 3. The Labute approximate surface area is 106 Å². The maximum absolute atomic E-state index is 11.9. The summed E-state index contributed by atoms with van der Waals surface area (Å²) in [5.41, 5.74) is -0.788. The molecule has 1 aliphatic rings. The molecule has 0 saturated carbocycles. The van der Waals surface area contributed by atoms with E-state index in [9.17, 15) is 9.59 Å². The van der Waals surface area contributed by atoms with Crippen LogP contribution in [-0.2, 0) is 16.1 Å². The van der Waals surface area contributed by atoms with Crippen LogP contribution in [0.25, 0.3) is 0 Å². The molecule has 0 radical (unpaired) electrons. The Balaban J connectivity index is 2.09. The van der Waals surface area contributed by atoms with Crippen molar-refractivity contribution in [1.82, 2.24) is 19.8 Å². The zero-order valence-electron chi connectivity index (χ0n) is 10.9. The van der Waals surface area contributed by atoms with Crippen LogP contribution in [0.15, 0.2) is 12.4 Å². The number of carbonyl (C=O) groups is 2. The lowest BCUT2D eigenvalue weighted by Crippen LogP contribution is -2.64. The first-order valence-corrected chi connectivity index (χ1v) is 5.99. The summed E-state index contributed by atoms with van der Waals surface area (Å²) in [5, 5.41) is 2.61. The molecule has 18 heavy (non-hydrogen) atoms. The number of piperazine rings is 1. The number of imidazole rings is 1. The average molecular weight is 250 g/mol. The Bertz CT molecular complexity index is 478. The quantitative estimate of drug-likeness (QED) is 0.816. The third kappa shape index (κ3) is 2.10. The van der Waals surface area contributed by atoms with E-state index in [0.717, 1.165) is 5.82 Å². The number of hydrogen-bond acceptors (Lipinski definition) is 3. The minimum atomic E-state index is -0.788. The molecule has 1 aliphatic heterocycles. The summed E-state index contributed by atoms with van der Waals surface area (Å²) in [7, 11) is 0. The molecular formula is C12H18N4O2. The minimum Gasteiger partial charge on any atom is -0.345 e. The highest BCUT2D eigenvalue weighted by molar-refractivity contribution is 5.97. The van der Waals surface area contributed by atoms with Crippen LogP contribution in [0.5, 0.6) is 0 Å². The fraction of sp³-hybridized carbons (Fsp3) is 0.583. The molecule has 1 N–H and O–H groups in total. The van der Waals surface area contributed by atoms with Crippen LogP contribution in [-0.4, -0.2) is 44.9 Å². The minimum absolute atomic E-state index is 0.0441. The number of carbonyl (C=O) groups excluding carboxylic acids is 2. The third-order valence-corrected chi connectivity index (χ3v) is 3.42. The van der Waals surface area contributed by atoms with Crippen molar-refractivity contribution in [2.24, 2.45) is 0 Å². The van der Waals surface area contributed by atoms with Crippen LogP contribution in [0, 0.1) is 6.92 Å². The fourth-order valence-corrected chi connectivity index (χ4v) is 2.15. The Kier molecular flexibility index (Phi) is 3.11. The first kappa shape index (κ1) is 12.6. The van der Waals surface area contributed by atoms with Gasteiger partial charge in [-0.15, -0.1) is 0 Å². The second-order valence-corrected chi connectivity index (χ2v) is 4.95. The van der Waals surface area contributed by atoms with E-state index in [4.69, 9.17) is 0 Å². The van der Waals surface area contributed by atoms with Crippen molar-refractivity contribution in [1.29, 1.82) is 0 Å². The van der Waals surface area contributed by atoms with E-state index in [0.29, 0.717) is 13.1 Å². The van der Waals surface area contributed by atoms with Crippen LogP contribution in [0.1, 0.15) is 19.7 Å². The van der Waals surface area contributed by atoms with Crippen molar-refractivity contribution in [2.45, 2.75) is 32.9 Å². The standard InChI is InChI=1S/C12H18N4O2/c1-9-13-4-5-15(9)6-7-16-10(17)8-14-11(18)12(16,2)3/h4-5H,6-8H2,1-3H3,(H,14,18). The summed E-state index contributed by atoms with van der Waals surface area (Å²) in [6, 6.07) is 0. The van der Waals surface area contributed by atoms with Gasteiger partial charge in [-0.2, -0.15) is 0 Å². The lowest BCUT2D eigenvalue weighted by molar-refractivity contribution is -0.151. The molecule has 1 saturated heterocycles. The average Bonchev–Trinajstić information content (AvgIpc) is 2.70. The van der Waals surface area contributed by atoms with Crippen LogP contribution in [0.2, 0.25) is 0 Å². The monoisotopic (exact) mass is 250 g/mol. The molecule has 6 nitrogen and oxygen atoms in total. The van der Waals surface area contributed by atoms with E-state index < -0.39 is 5.54 Å². The van der Waals surface area contributed by atoms with Gasteiger partial charge in [-0.1, -0.05) is 0 Å². The molecule has 0 aliphatic carbocycles. The highest BCUT2D eigenvalue weighted by atomic mass is 16.2. The summed E-state index contributed by atoms with van der Waals surface area (Å²) in [6.45, 7) is 6.69. The van der Waals surface area contributed by atoms with Crippen LogP contribution in [0.4, 0.5) is 0 Å². The Morgan fingerprint density at radius 3 is 2.72 bits per heavy atom. The molecular weight excluding hydrogens is 232 g/mol. The topological polar surface area (TPSA) is 67.2 Å². The van der Waals surface area contributed by atoms with Gasteiger partial charge < -0.3 is 14.8 Å². The molecule has 2 rings (SSSR count). The van der Waals surface area contributed by atoms with Gasteiger partial charge in [-0.3, -0.25) is 9.59 Å². The van der Waals surface area contributed by atoms with Crippen molar-refractivity contribution in [3.8, 4) is 0 Å². The second kappa shape index (κ2) is 4.44. The van der Waals surface area contributed by atoms with Gasteiger partial charge in [0.05, 0.1) is 6.54 Å². The van der Waals surface area contributed by atoms with Gasteiger partial charge in [0.15, 0.2) is 0 Å². The first-order chi connectivity index (χ1) is 8.43. The second-order valence-electron chi connectivity index (χ2n) is 4.95. The van der Waals surface area contributed by atoms with Crippen LogP contribution in [0.3, 0.4) is 0 Å². The lowest BCUT2D eigenvalue weighted by Gasteiger charge is -2.41. The lowest BCUT2D eigenvalue weighted by atomic mass is 9.99. The first-order valence-electron chi connectivity index (χ1n) is 5.99. The molecule has 2 amide bonds. The van der Waals surface area contributed by atoms with E-state index >= 15 is 0 Å². The van der Waals surface area contributed by atoms with E-state index in [1.54, 1.807) is 24.9 Å². The normalized spacial score (nSPS) is 18.9. The van der Waals surface area contributed by atoms with Gasteiger partial charge in [0.1, 0.15) is 11.4 Å². The summed E-state index contributed by atoms with van der Waals surface area (Å²) in [4.78, 5) is 29.4. The number of nitrogens with one attached hydrogen (secondary N) is 1. The molecule has 0 aromatic carbocycles. The molecule has 0 bridgehead atoms. The SMILES string of the molecule is Cc1nccn1CCN1C(=O)CNC(=O)C1(C)C. The largest absolute Gasteiger partial charge is 0.345 e. The number of amides is 2.